The van der Waals surface area contributed by atoms with E-state index >= 15 is 0 Å². The second-order valence-corrected chi connectivity index (χ2v) is 5.72. The summed E-state index contributed by atoms with van der Waals surface area (Å²) in [6.07, 6.45) is 4.49. The van der Waals surface area contributed by atoms with Gasteiger partial charge in [0.2, 0.25) is 0 Å². The molecule has 0 aliphatic carbocycles. The van der Waals surface area contributed by atoms with Gasteiger partial charge in [0.15, 0.2) is 0 Å². The van der Waals surface area contributed by atoms with Gasteiger partial charge in [0.05, 0.1) is 6.20 Å². The van der Waals surface area contributed by atoms with Crippen molar-refractivity contribution in [3.63, 3.8) is 0 Å². The van der Waals surface area contributed by atoms with Crippen molar-refractivity contribution < 1.29 is 4.74 Å². The fourth-order valence-corrected chi connectivity index (χ4v) is 2.30. The van der Waals surface area contributed by atoms with Gasteiger partial charge in [-0.05, 0) is 53.2 Å². The molecule has 2 aromatic rings. The minimum absolute atomic E-state index is 0.693. The van der Waals surface area contributed by atoms with Gasteiger partial charge in [0.25, 0.3) is 0 Å². The van der Waals surface area contributed by atoms with Crippen LogP contribution in [0.25, 0.3) is 0 Å². The number of halogens is 2. The van der Waals surface area contributed by atoms with Crippen LogP contribution in [-0.2, 0) is 6.54 Å². The summed E-state index contributed by atoms with van der Waals surface area (Å²) in [4.78, 5) is 4.09. The van der Waals surface area contributed by atoms with E-state index in [1.165, 1.54) is 0 Å². The summed E-state index contributed by atoms with van der Waals surface area (Å²) in [5, 5.41) is 4.06. The van der Waals surface area contributed by atoms with Gasteiger partial charge >= 0.3 is 0 Å². The van der Waals surface area contributed by atoms with E-state index in [1.54, 1.807) is 12.4 Å². The monoisotopic (exact) mass is 354 g/mol. The zero-order valence-corrected chi connectivity index (χ0v) is 13.5. The van der Waals surface area contributed by atoms with E-state index in [1.807, 2.05) is 24.3 Å². The Morgan fingerprint density at radius 1 is 1.30 bits per heavy atom. The maximum atomic E-state index is 6.05. The molecular formula is C15H16BrClN2O. The van der Waals surface area contributed by atoms with Crippen molar-refractivity contribution in [1.82, 2.24) is 10.3 Å². The van der Waals surface area contributed by atoms with Crippen LogP contribution in [0.4, 0.5) is 0 Å². The fourth-order valence-electron chi connectivity index (χ4n) is 1.76. The first-order valence-electron chi connectivity index (χ1n) is 6.46. The van der Waals surface area contributed by atoms with Gasteiger partial charge in [-0.25, -0.2) is 0 Å². The van der Waals surface area contributed by atoms with E-state index in [0.29, 0.717) is 10.8 Å². The Kier molecular flexibility index (Phi) is 5.83. The smallest absolute Gasteiger partial charge is 0.146 e. The Labute approximate surface area is 132 Å². The highest BCUT2D eigenvalue weighted by atomic mass is 79.9. The Morgan fingerprint density at radius 3 is 2.90 bits per heavy atom. The molecule has 1 heterocycles. The standard InChI is InChI=1S/C15H16BrClN2O/c1-2-5-18-8-11-6-13(17)3-4-15(11)20-14-7-12(16)9-19-10-14/h3-4,6-7,9-10,18H,2,5,8H2,1H3. The molecule has 0 amide bonds. The van der Waals surface area contributed by atoms with Crippen molar-refractivity contribution in [1.29, 1.82) is 0 Å². The number of benzene rings is 1. The van der Waals surface area contributed by atoms with E-state index < -0.39 is 0 Å². The molecule has 1 aromatic heterocycles. The van der Waals surface area contributed by atoms with Crippen LogP contribution < -0.4 is 10.1 Å². The molecule has 3 nitrogen and oxygen atoms in total. The lowest BCUT2D eigenvalue weighted by Crippen LogP contribution is -2.14. The van der Waals surface area contributed by atoms with Gasteiger partial charge in [-0.3, -0.25) is 4.98 Å². The second-order valence-electron chi connectivity index (χ2n) is 4.37. The van der Waals surface area contributed by atoms with E-state index in [2.05, 4.69) is 33.2 Å². The predicted molar refractivity (Wildman–Crippen MR) is 85.5 cm³/mol. The highest BCUT2D eigenvalue weighted by Crippen LogP contribution is 2.28. The number of rotatable bonds is 6. The fraction of sp³-hybridized carbons (Fsp3) is 0.267. The Bertz CT molecular complexity index is 578. The van der Waals surface area contributed by atoms with Crippen molar-refractivity contribution in [2.45, 2.75) is 19.9 Å². The highest BCUT2D eigenvalue weighted by molar-refractivity contribution is 9.10. The SMILES string of the molecule is CCCNCc1cc(Cl)ccc1Oc1cncc(Br)c1. The minimum Gasteiger partial charge on any atom is -0.455 e. The van der Waals surface area contributed by atoms with Crippen molar-refractivity contribution in [2.75, 3.05) is 6.54 Å². The van der Waals surface area contributed by atoms with Gasteiger partial charge in [-0.15, -0.1) is 0 Å². The Hall–Kier alpha value is -1.10. The lowest BCUT2D eigenvalue weighted by Gasteiger charge is -2.12. The minimum atomic E-state index is 0.693. The lowest BCUT2D eigenvalue weighted by atomic mass is 10.2. The van der Waals surface area contributed by atoms with Crippen LogP contribution in [-0.4, -0.2) is 11.5 Å². The van der Waals surface area contributed by atoms with Gasteiger partial charge in [-0.1, -0.05) is 18.5 Å². The van der Waals surface area contributed by atoms with Crippen LogP contribution in [0.1, 0.15) is 18.9 Å². The first kappa shape index (κ1) is 15.3. The van der Waals surface area contributed by atoms with Crippen molar-refractivity contribution in [2.24, 2.45) is 0 Å². The molecule has 0 unspecified atom stereocenters. The van der Waals surface area contributed by atoms with Gasteiger partial charge in [-0.2, -0.15) is 0 Å². The van der Waals surface area contributed by atoms with Gasteiger partial charge < -0.3 is 10.1 Å². The molecule has 1 N–H and O–H groups in total. The Balaban J connectivity index is 2.17. The van der Waals surface area contributed by atoms with Crippen LogP contribution in [0.5, 0.6) is 11.5 Å². The molecule has 20 heavy (non-hydrogen) atoms. The van der Waals surface area contributed by atoms with Crippen LogP contribution in [0, 0.1) is 0 Å². The van der Waals surface area contributed by atoms with Crippen LogP contribution >= 0.6 is 27.5 Å². The Morgan fingerprint density at radius 2 is 2.15 bits per heavy atom. The second kappa shape index (κ2) is 7.62. The number of nitrogens with zero attached hydrogens (tertiary/aromatic N) is 1. The average Bonchev–Trinajstić information content (AvgIpc) is 2.42. The molecule has 0 aliphatic rings. The molecule has 0 aliphatic heterocycles. The summed E-state index contributed by atoms with van der Waals surface area (Å²) in [7, 11) is 0. The molecule has 0 radical (unpaired) electrons. The average molecular weight is 356 g/mol. The first-order valence-corrected chi connectivity index (χ1v) is 7.63. The number of nitrogens with one attached hydrogen (secondary N) is 1. The zero-order chi connectivity index (χ0) is 14.4. The highest BCUT2D eigenvalue weighted by Gasteiger charge is 2.06. The first-order chi connectivity index (χ1) is 9.69. The summed E-state index contributed by atoms with van der Waals surface area (Å²) < 4.78 is 6.77. The summed E-state index contributed by atoms with van der Waals surface area (Å²) in [5.41, 5.74) is 1.03. The normalized spacial score (nSPS) is 10.6. The topological polar surface area (TPSA) is 34.1 Å². The summed E-state index contributed by atoms with van der Waals surface area (Å²) in [6, 6.07) is 7.51. The zero-order valence-electron chi connectivity index (χ0n) is 11.2. The molecule has 0 fully saturated rings. The number of aromatic nitrogens is 1. The quantitative estimate of drug-likeness (QED) is 0.757. The molecule has 5 heteroatoms. The van der Waals surface area contributed by atoms with Gasteiger partial charge in [0, 0.05) is 27.8 Å². The van der Waals surface area contributed by atoms with Crippen LogP contribution in [0.15, 0.2) is 41.1 Å². The molecule has 106 valence electrons. The lowest BCUT2D eigenvalue weighted by molar-refractivity contribution is 0.470. The molecule has 0 spiro atoms. The molecule has 0 atom stereocenters. The third kappa shape index (κ3) is 4.47. The van der Waals surface area contributed by atoms with Crippen molar-refractivity contribution in [3.05, 3.63) is 51.7 Å². The van der Waals surface area contributed by atoms with Crippen molar-refractivity contribution in [3.8, 4) is 11.5 Å². The predicted octanol–water partition coefficient (Wildman–Crippen LogP) is 4.79. The summed E-state index contributed by atoms with van der Waals surface area (Å²) in [6.45, 7) is 3.82. The van der Waals surface area contributed by atoms with Gasteiger partial charge in [0.1, 0.15) is 11.5 Å². The number of ether oxygens (including phenoxy) is 1. The largest absolute Gasteiger partial charge is 0.455 e. The van der Waals surface area contributed by atoms with E-state index in [4.69, 9.17) is 16.3 Å². The summed E-state index contributed by atoms with van der Waals surface area (Å²) in [5.74, 6) is 1.48. The van der Waals surface area contributed by atoms with Crippen LogP contribution in [0.3, 0.4) is 0 Å². The van der Waals surface area contributed by atoms with Crippen molar-refractivity contribution >= 4 is 27.5 Å². The maximum absolute atomic E-state index is 6.05. The van der Waals surface area contributed by atoms with Crippen LogP contribution in [0.2, 0.25) is 5.02 Å². The molecular weight excluding hydrogens is 340 g/mol. The summed E-state index contributed by atoms with van der Waals surface area (Å²) >= 11 is 9.44. The van der Waals surface area contributed by atoms with E-state index in [9.17, 15) is 0 Å². The molecule has 2 rings (SSSR count). The number of pyridine rings is 1. The third-order valence-corrected chi connectivity index (χ3v) is 3.34. The number of hydrogen-bond acceptors (Lipinski definition) is 3. The van der Waals surface area contributed by atoms with E-state index in [0.717, 1.165) is 35.3 Å². The molecule has 1 aromatic carbocycles. The molecule has 0 saturated carbocycles. The third-order valence-electron chi connectivity index (χ3n) is 2.67. The molecule has 0 bridgehead atoms. The molecule has 0 saturated heterocycles. The maximum Gasteiger partial charge on any atom is 0.146 e. The van der Waals surface area contributed by atoms with E-state index in [-0.39, 0.29) is 0 Å². The number of hydrogen-bond donors (Lipinski definition) is 1.